The lowest BCUT2D eigenvalue weighted by atomic mass is 10.2. The third-order valence-corrected chi connectivity index (χ3v) is 2.72. The molecule has 0 aromatic rings. The van der Waals surface area contributed by atoms with Crippen LogP contribution in [-0.4, -0.2) is 61.3 Å². The van der Waals surface area contributed by atoms with Gasteiger partial charge in [-0.05, 0) is 0 Å². The Labute approximate surface area is 152 Å². The first-order chi connectivity index (χ1) is 12.8. The van der Waals surface area contributed by atoms with Crippen molar-refractivity contribution in [3.63, 3.8) is 0 Å². The highest BCUT2D eigenvalue weighted by molar-refractivity contribution is 5.79. The standard InChI is InChI=1S/C10H3F15O5/c1-28-3(27)5(13,8(18,19)20)30-10(24,25)6(14,9(21,22)23)29-4(12,2(11)26)7(15,16)17/h1H3. The molecule has 3 unspecified atom stereocenters. The van der Waals surface area contributed by atoms with Crippen molar-refractivity contribution in [1.29, 1.82) is 0 Å². The molecule has 0 aromatic heterocycles. The van der Waals surface area contributed by atoms with Crippen molar-refractivity contribution in [3.8, 4) is 0 Å². The molecule has 20 heteroatoms. The van der Waals surface area contributed by atoms with Crippen LogP contribution in [-0.2, 0) is 23.8 Å². The van der Waals surface area contributed by atoms with Crippen molar-refractivity contribution in [2.45, 2.75) is 42.2 Å². The van der Waals surface area contributed by atoms with Crippen molar-refractivity contribution in [2.24, 2.45) is 0 Å². The highest BCUT2D eigenvalue weighted by Gasteiger charge is 2.84. The maximum absolute atomic E-state index is 13.8. The molecule has 0 rings (SSSR count). The Morgan fingerprint density at radius 2 is 0.967 bits per heavy atom. The lowest BCUT2D eigenvalue weighted by Gasteiger charge is -2.39. The maximum atomic E-state index is 13.8. The summed E-state index contributed by atoms with van der Waals surface area (Å²) in [5.41, 5.74) is 0. The van der Waals surface area contributed by atoms with Crippen molar-refractivity contribution < 1.29 is 89.7 Å². The minimum atomic E-state index is -7.84. The van der Waals surface area contributed by atoms with Gasteiger partial charge in [-0.25, -0.2) is 4.79 Å². The van der Waals surface area contributed by atoms with Crippen LogP contribution in [0.3, 0.4) is 0 Å². The van der Waals surface area contributed by atoms with E-state index in [-0.39, 0.29) is 7.11 Å². The van der Waals surface area contributed by atoms with Crippen molar-refractivity contribution >= 4 is 12.0 Å². The third-order valence-electron chi connectivity index (χ3n) is 2.72. The molecule has 0 fully saturated rings. The number of ether oxygens (including phenoxy) is 3. The molecule has 0 aliphatic rings. The zero-order valence-corrected chi connectivity index (χ0v) is 13.2. The topological polar surface area (TPSA) is 61.8 Å². The van der Waals surface area contributed by atoms with Crippen LogP contribution >= 0.6 is 0 Å². The Hall–Kier alpha value is -1.99. The van der Waals surface area contributed by atoms with Gasteiger partial charge in [0.2, 0.25) is 0 Å². The molecule has 0 amide bonds. The molecule has 0 saturated carbocycles. The summed E-state index contributed by atoms with van der Waals surface area (Å²) in [4.78, 5) is 20.7. The predicted octanol–water partition coefficient (Wildman–Crippen LogP) is 3.97. The van der Waals surface area contributed by atoms with Gasteiger partial charge in [-0.15, -0.1) is 0 Å². The van der Waals surface area contributed by atoms with E-state index in [1.807, 2.05) is 0 Å². The first-order valence-corrected chi connectivity index (χ1v) is 6.17. The first-order valence-electron chi connectivity index (χ1n) is 6.17. The number of alkyl halides is 14. The summed E-state index contributed by atoms with van der Waals surface area (Å²) in [6, 6.07) is -4.73. The van der Waals surface area contributed by atoms with Crippen LogP contribution in [0.4, 0.5) is 65.9 Å². The normalized spacial score (nSPS) is 20.0. The summed E-state index contributed by atoms with van der Waals surface area (Å²) in [6.45, 7) is 0. The molecule has 0 aromatic carbocycles. The fourth-order valence-electron chi connectivity index (χ4n) is 1.27. The van der Waals surface area contributed by atoms with E-state index in [1.165, 1.54) is 0 Å². The number of rotatable bonds is 7. The number of halogens is 15. The second kappa shape index (κ2) is 7.61. The summed E-state index contributed by atoms with van der Waals surface area (Å²) in [5, 5.41) is 0. The van der Waals surface area contributed by atoms with Gasteiger partial charge in [0.1, 0.15) is 0 Å². The fraction of sp³-hybridized carbons (Fsp3) is 0.800. The average molecular weight is 488 g/mol. The van der Waals surface area contributed by atoms with Crippen LogP contribution in [0.2, 0.25) is 0 Å². The molecule has 0 radical (unpaired) electrons. The van der Waals surface area contributed by atoms with E-state index in [4.69, 9.17) is 0 Å². The summed E-state index contributed by atoms with van der Waals surface area (Å²) < 4.78 is 198. The van der Waals surface area contributed by atoms with E-state index in [0.29, 0.717) is 0 Å². The quantitative estimate of drug-likeness (QED) is 0.309. The largest absolute Gasteiger partial charge is 0.465 e. The highest BCUT2D eigenvalue weighted by atomic mass is 19.4. The van der Waals surface area contributed by atoms with Gasteiger partial charge in [0.05, 0.1) is 7.11 Å². The fourth-order valence-corrected chi connectivity index (χ4v) is 1.27. The molecule has 0 aliphatic carbocycles. The Kier molecular flexibility index (Phi) is 7.10. The number of esters is 1. The summed E-state index contributed by atoms with van der Waals surface area (Å²) in [6.07, 6.45) is -30.0. The highest BCUT2D eigenvalue weighted by Crippen LogP contribution is 2.54. The Morgan fingerprint density at radius 1 is 0.600 bits per heavy atom. The first kappa shape index (κ1) is 28.0. The molecule has 5 nitrogen and oxygen atoms in total. The van der Waals surface area contributed by atoms with Crippen LogP contribution in [0, 0.1) is 0 Å². The number of carbonyl (C=O) groups excluding carboxylic acids is 2. The van der Waals surface area contributed by atoms with Crippen molar-refractivity contribution in [3.05, 3.63) is 0 Å². The molecule has 0 bridgehead atoms. The lowest BCUT2D eigenvalue weighted by Crippen LogP contribution is -2.68. The Bertz CT molecular complexity index is 668. The van der Waals surface area contributed by atoms with Gasteiger partial charge in [0.15, 0.2) is 0 Å². The van der Waals surface area contributed by atoms with Crippen LogP contribution in [0.25, 0.3) is 0 Å². The second-order valence-electron chi connectivity index (χ2n) is 4.77. The number of hydrogen-bond donors (Lipinski definition) is 0. The number of carbonyl (C=O) groups is 2. The average Bonchev–Trinajstić information content (AvgIpc) is 2.49. The molecule has 0 heterocycles. The van der Waals surface area contributed by atoms with E-state index in [0.717, 1.165) is 0 Å². The van der Waals surface area contributed by atoms with Crippen LogP contribution in [0.1, 0.15) is 0 Å². The Balaban J connectivity index is 6.77. The van der Waals surface area contributed by atoms with Crippen molar-refractivity contribution in [2.75, 3.05) is 7.11 Å². The van der Waals surface area contributed by atoms with Gasteiger partial charge < -0.3 is 4.74 Å². The molecule has 0 N–H and O–H groups in total. The van der Waals surface area contributed by atoms with Gasteiger partial charge in [0, 0.05) is 0 Å². The molecular weight excluding hydrogens is 485 g/mol. The second-order valence-corrected chi connectivity index (χ2v) is 4.77. The van der Waals surface area contributed by atoms with Crippen LogP contribution in [0.15, 0.2) is 0 Å². The van der Waals surface area contributed by atoms with Crippen molar-refractivity contribution in [1.82, 2.24) is 0 Å². The van der Waals surface area contributed by atoms with Crippen LogP contribution in [0.5, 0.6) is 0 Å². The monoisotopic (exact) mass is 488 g/mol. The minimum absolute atomic E-state index is 0.190. The molecular formula is C10H3F15O5. The molecule has 0 spiro atoms. The van der Waals surface area contributed by atoms with Gasteiger partial charge in [-0.3, -0.25) is 14.3 Å². The van der Waals surface area contributed by atoms with E-state index in [2.05, 4.69) is 4.74 Å². The zero-order chi connectivity index (χ0) is 24.8. The minimum Gasteiger partial charge on any atom is -0.465 e. The molecule has 178 valence electrons. The number of methoxy groups -OCH3 is 1. The van der Waals surface area contributed by atoms with Gasteiger partial charge in [-0.1, -0.05) is 0 Å². The SMILES string of the molecule is COC(=O)C(F)(OC(F)(F)C(F)(OC(F)(C(=O)F)C(F)(F)F)C(F)(F)F)C(F)(F)F. The maximum Gasteiger partial charge on any atom is 0.460 e. The predicted molar refractivity (Wildman–Crippen MR) is 54.9 cm³/mol. The third kappa shape index (κ3) is 4.52. The Morgan fingerprint density at radius 3 is 1.20 bits per heavy atom. The number of hydrogen-bond acceptors (Lipinski definition) is 5. The summed E-state index contributed by atoms with van der Waals surface area (Å²) in [5.74, 6) is -25.4. The smallest absolute Gasteiger partial charge is 0.460 e. The van der Waals surface area contributed by atoms with Gasteiger partial charge in [0.25, 0.3) is 0 Å². The molecule has 0 saturated heterocycles. The molecule has 3 atom stereocenters. The zero-order valence-electron chi connectivity index (χ0n) is 13.2. The van der Waals surface area contributed by atoms with Gasteiger partial charge >= 0.3 is 54.2 Å². The van der Waals surface area contributed by atoms with E-state index < -0.39 is 54.2 Å². The summed E-state index contributed by atoms with van der Waals surface area (Å²) >= 11 is 0. The lowest BCUT2D eigenvalue weighted by molar-refractivity contribution is -0.524. The van der Waals surface area contributed by atoms with E-state index >= 15 is 0 Å². The van der Waals surface area contributed by atoms with Gasteiger partial charge in [-0.2, -0.15) is 65.9 Å². The van der Waals surface area contributed by atoms with E-state index in [9.17, 15) is 75.4 Å². The molecule has 30 heavy (non-hydrogen) atoms. The molecule has 0 aliphatic heterocycles. The van der Waals surface area contributed by atoms with E-state index in [1.54, 1.807) is 9.47 Å². The van der Waals surface area contributed by atoms with Crippen LogP contribution < -0.4 is 0 Å². The summed E-state index contributed by atoms with van der Waals surface area (Å²) in [7, 11) is -0.190.